The van der Waals surface area contributed by atoms with Crippen LogP contribution < -0.4 is 14.9 Å². The number of aromatic nitrogens is 3. The topological polar surface area (TPSA) is 67.6 Å². The molecule has 0 N–H and O–H groups in total. The van der Waals surface area contributed by atoms with Crippen LogP contribution in [0, 0.1) is 0 Å². The van der Waals surface area contributed by atoms with Crippen molar-refractivity contribution in [2.75, 3.05) is 7.11 Å². The Bertz CT molecular complexity index is 1300. The number of pyridine rings is 1. The average molecular weight is 471 g/mol. The Morgan fingerprint density at radius 2 is 1.60 bits per heavy atom. The van der Waals surface area contributed by atoms with Crippen LogP contribution >= 0.6 is 0 Å². The highest BCUT2D eigenvalue weighted by Crippen LogP contribution is 2.36. The van der Waals surface area contributed by atoms with Gasteiger partial charge in [-0.2, -0.15) is 0 Å². The quantitative estimate of drug-likeness (QED) is 0.373. The van der Waals surface area contributed by atoms with E-state index in [0.717, 1.165) is 33.4 Å². The van der Waals surface area contributed by atoms with Crippen molar-refractivity contribution in [1.82, 2.24) is 14.5 Å². The van der Waals surface area contributed by atoms with Gasteiger partial charge in [-0.05, 0) is 68.6 Å². The van der Waals surface area contributed by atoms with E-state index in [1.807, 2.05) is 61.1 Å². The molecule has 0 radical (unpaired) electrons. The standard InChI is InChI=1S/C27H30BN3O4/c1-26(2)27(3,4)35-28(34-26)21-9-12-23-24(14-21)31(18-30-23)16-20-8-13-25(29-15-20)33-17-19-6-10-22(32-5)11-7-19/h6-15,18H,16-17H2,1-5H3. The number of hydrogen-bond acceptors (Lipinski definition) is 6. The summed E-state index contributed by atoms with van der Waals surface area (Å²) in [6, 6.07) is 17.9. The van der Waals surface area contributed by atoms with Crippen LogP contribution in [0.5, 0.6) is 11.6 Å². The first kappa shape index (κ1) is 23.4. The van der Waals surface area contributed by atoms with Gasteiger partial charge in [-0.3, -0.25) is 0 Å². The lowest BCUT2D eigenvalue weighted by atomic mass is 9.79. The van der Waals surface area contributed by atoms with Gasteiger partial charge in [0.05, 0.1) is 42.2 Å². The van der Waals surface area contributed by atoms with E-state index in [9.17, 15) is 0 Å². The molecule has 0 amide bonds. The van der Waals surface area contributed by atoms with Crippen molar-refractivity contribution in [2.45, 2.75) is 52.0 Å². The van der Waals surface area contributed by atoms with Crippen LogP contribution in [0.4, 0.5) is 0 Å². The summed E-state index contributed by atoms with van der Waals surface area (Å²) in [5.74, 6) is 1.41. The Balaban J connectivity index is 1.27. The zero-order valence-electron chi connectivity index (χ0n) is 20.8. The molecular formula is C27H30BN3O4. The molecule has 0 aliphatic carbocycles. The van der Waals surface area contributed by atoms with Gasteiger partial charge < -0.3 is 23.3 Å². The zero-order chi connectivity index (χ0) is 24.6. The largest absolute Gasteiger partial charge is 0.497 e. The van der Waals surface area contributed by atoms with Gasteiger partial charge in [0.15, 0.2) is 0 Å². The Hall–Kier alpha value is -3.36. The monoisotopic (exact) mass is 471 g/mol. The molecule has 2 aromatic carbocycles. The van der Waals surface area contributed by atoms with Crippen LogP contribution in [-0.2, 0) is 22.5 Å². The molecular weight excluding hydrogens is 441 g/mol. The third kappa shape index (κ3) is 4.76. The summed E-state index contributed by atoms with van der Waals surface area (Å²) in [7, 11) is 1.25. The molecule has 0 unspecified atom stereocenters. The van der Waals surface area contributed by atoms with Crippen molar-refractivity contribution in [2.24, 2.45) is 0 Å². The first-order valence-electron chi connectivity index (χ1n) is 11.8. The van der Waals surface area contributed by atoms with Crippen LogP contribution in [0.1, 0.15) is 38.8 Å². The van der Waals surface area contributed by atoms with E-state index in [1.54, 1.807) is 7.11 Å². The molecule has 1 saturated heterocycles. The maximum Gasteiger partial charge on any atom is 0.494 e. The summed E-state index contributed by atoms with van der Waals surface area (Å²) in [6.45, 7) is 9.35. The third-order valence-electron chi connectivity index (χ3n) is 6.87. The molecule has 2 aromatic heterocycles. The van der Waals surface area contributed by atoms with Gasteiger partial charge in [-0.25, -0.2) is 9.97 Å². The van der Waals surface area contributed by atoms with E-state index in [4.69, 9.17) is 18.8 Å². The Morgan fingerprint density at radius 3 is 2.26 bits per heavy atom. The lowest BCUT2D eigenvalue weighted by Gasteiger charge is -2.32. The van der Waals surface area contributed by atoms with E-state index in [2.05, 4.69) is 48.3 Å². The molecule has 1 aliphatic rings. The molecule has 3 heterocycles. The Morgan fingerprint density at radius 1 is 0.886 bits per heavy atom. The molecule has 5 rings (SSSR count). The molecule has 0 saturated carbocycles. The minimum Gasteiger partial charge on any atom is -0.497 e. The minimum atomic E-state index is -0.406. The van der Waals surface area contributed by atoms with Crippen molar-refractivity contribution in [3.63, 3.8) is 0 Å². The van der Waals surface area contributed by atoms with E-state index in [1.165, 1.54) is 0 Å². The number of fused-ring (bicyclic) bond motifs is 1. The fourth-order valence-electron chi connectivity index (χ4n) is 3.99. The summed E-state index contributed by atoms with van der Waals surface area (Å²) in [4.78, 5) is 9.04. The molecule has 4 aromatic rings. The number of benzene rings is 2. The Labute approximate surface area is 206 Å². The van der Waals surface area contributed by atoms with Gasteiger partial charge >= 0.3 is 7.12 Å². The van der Waals surface area contributed by atoms with E-state index in [0.29, 0.717) is 19.0 Å². The summed E-state index contributed by atoms with van der Waals surface area (Å²) in [6.07, 6.45) is 3.69. The summed E-state index contributed by atoms with van der Waals surface area (Å²) in [5, 5.41) is 0. The molecule has 1 aliphatic heterocycles. The zero-order valence-corrected chi connectivity index (χ0v) is 20.8. The number of imidazole rings is 1. The van der Waals surface area contributed by atoms with Crippen LogP contribution in [0.25, 0.3) is 11.0 Å². The second-order valence-corrected chi connectivity index (χ2v) is 9.85. The summed E-state index contributed by atoms with van der Waals surface area (Å²) >= 11 is 0. The third-order valence-corrected chi connectivity index (χ3v) is 6.87. The molecule has 0 spiro atoms. The SMILES string of the molecule is COc1ccc(COc2ccc(Cn3cnc4ccc(B5OC(C)(C)C(C)(C)O5)cc43)cn2)cc1. The van der Waals surface area contributed by atoms with Crippen LogP contribution in [0.3, 0.4) is 0 Å². The van der Waals surface area contributed by atoms with Crippen LogP contribution in [0.15, 0.2) is 67.1 Å². The fraction of sp³-hybridized carbons (Fsp3) is 0.333. The fourth-order valence-corrected chi connectivity index (χ4v) is 3.99. The second-order valence-electron chi connectivity index (χ2n) is 9.85. The van der Waals surface area contributed by atoms with Gasteiger partial charge in [0, 0.05) is 12.3 Å². The maximum atomic E-state index is 6.23. The van der Waals surface area contributed by atoms with Gasteiger partial charge in [-0.15, -0.1) is 0 Å². The highest BCUT2D eigenvalue weighted by Gasteiger charge is 2.51. The van der Waals surface area contributed by atoms with E-state index < -0.39 is 7.12 Å². The number of hydrogen-bond donors (Lipinski definition) is 0. The van der Waals surface area contributed by atoms with Crippen molar-refractivity contribution < 1.29 is 18.8 Å². The predicted octanol–water partition coefficient (Wildman–Crippen LogP) is 4.37. The average Bonchev–Trinajstić information content (AvgIpc) is 3.34. The highest BCUT2D eigenvalue weighted by molar-refractivity contribution is 6.62. The maximum absolute atomic E-state index is 6.23. The van der Waals surface area contributed by atoms with Gasteiger partial charge in [-0.1, -0.05) is 24.3 Å². The molecule has 0 bridgehead atoms. The van der Waals surface area contributed by atoms with Crippen molar-refractivity contribution in [3.05, 3.63) is 78.2 Å². The molecule has 0 atom stereocenters. The first-order chi connectivity index (χ1) is 16.7. The number of nitrogens with zero attached hydrogens (tertiary/aromatic N) is 3. The van der Waals surface area contributed by atoms with Crippen molar-refractivity contribution in [3.8, 4) is 11.6 Å². The number of ether oxygens (including phenoxy) is 2. The summed E-state index contributed by atoms with van der Waals surface area (Å²) < 4.78 is 25.6. The molecule has 35 heavy (non-hydrogen) atoms. The predicted molar refractivity (Wildman–Crippen MR) is 136 cm³/mol. The molecule has 180 valence electrons. The summed E-state index contributed by atoms with van der Waals surface area (Å²) in [5.41, 5.74) is 4.29. The van der Waals surface area contributed by atoms with Crippen LogP contribution in [-0.4, -0.2) is 40.0 Å². The molecule has 7 nitrogen and oxygen atoms in total. The normalized spacial score (nSPS) is 16.5. The number of methoxy groups -OCH3 is 1. The minimum absolute atomic E-state index is 0.379. The van der Waals surface area contributed by atoms with Gasteiger partial charge in [0.25, 0.3) is 0 Å². The van der Waals surface area contributed by atoms with Crippen molar-refractivity contribution >= 4 is 23.6 Å². The first-order valence-corrected chi connectivity index (χ1v) is 11.8. The lowest BCUT2D eigenvalue weighted by Crippen LogP contribution is -2.41. The molecule has 1 fully saturated rings. The van der Waals surface area contributed by atoms with E-state index in [-0.39, 0.29) is 11.2 Å². The number of rotatable bonds is 7. The van der Waals surface area contributed by atoms with Gasteiger partial charge in [0.1, 0.15) is 12.4 Å². The Kier molecular flexibility index (Phi) is 6.03. The van der Waals surface area contributed by atoms with Crippen LogP contribution in [0.2, 0.25) is 0 Å². The highest BCUT2D eigenvalue weighted by atomic mass is 16.7. The van der Waals surface area contributed by atoms with Gasteiger partial charge in [0.2, 0.25) is 5.88 Å². The second kappa shape index (κ2) is 9.02. The lowest BCUT2D eigenvalue weighted by molar-refractivity contribution is 0.00578. The molecule has 8 heteroatoms. The van der Waals surface area contributed by atoms with E-state index >= 15 is 0 Å². The smallest absolute Gasteiger partial charge is 0.494 e. The van der Waals surface area contributed by atoms with Crippen molar-refractivity contribution in [1.29, 1.82) is 0 Å².